The minimum atomic E-state index is -0.391. The SMILES string of the molecule is O=C(CBr)c1cc(Br)c(F)cc1Br. The van der Waals surface area contributed by atoms with Gasteiger partial charge in [0.1, 0.15) is 5.82 Å². The molecule has 0 aliphatic rings. The van der Waals surface area contributed by atoms with Crippen LogP contribution in [0.25, 0.3) is 0 Å². The fourth-order valence-corrected chi connectivity index (χ4v) is 1.99. The van der Waals surface area contributed by atoms with Gasteiger partial charge in [-0.3, -0.25) is 4.79 Å². The van der Waals surface area contributed by atoms with Crippen LogP contribution in [0, 0.1) is 5.82 Å². The van der Waals surface area contributed by atoms with Crippen LogP contribution in [-0.4, -0.2) is 11.1 Å². The first-order valence-electron chi connectivity index (χ1n) is 3.30. The van der Waals surface area contributed by atoms with Gasteiger partial charge in [-0.1, -0.05) is 15.9 Å². The van der Waals surface area contributed by atoms with Gasteiger partial charge in [-0.25, -0.2) is 4.39 Å². The molecule has 0 fully saturated rings. The lowest BCUT2D eigenvalue weighted by atomic mass is 10.1. The van der Waals surface area contributed by atoms with Gasteiger partial charge in [-0.2, -0.15) is 0 Å². The Balaban J connectivity index is 3.23. The Morgan fingerprint density at radius 2 is 1.92 bits per heavy atom. The topological polar surface area (TPSA) is 17.1 Å². The first kappa shape index (κ1) is 11.3. The van der Waals surface area contributed by atoms with Crippen LogP contribution in [0.5, 0.6) is 0 Å². The van der Waals surface area contributed by atoms with E-state index in [0.717, 1.165) is 0 Å². The van der Waals surface area contributed by atoms with Gasteiger partial charge >= 0.3 is 0 Å². The Morgan fingerprint density at radius 1 is 1.31 bits per heavy atom. The lowest BCUT2D eigenvalue weighted by Gasteiger charge is -2.02. The summed E-state index contributed by atoms with van der Waals surface area (Å²) in [6.45, 7) is 0. The Bertz CT molecular complexity index is 351. The zero-order chi connectivity index (χ0) is 10.0. The van der Waals surface area contributed by atoms with E-state index in [1.54, 1.807) is 0 Å². The molecule has 0 aliphatic heterocycles. The van der Waals surface area contributed by atoms with Gasteiger partial charge in [0.2, 0.25) is 0 Å². The number of carbonyl (C=O) groups is 1. The van der Waals surface area contributed by atoms with Gasteiger partial charge < -0.3 is 0 Å². The number of carbonyl (C=O) groups excluding carboxylic acids is 1. The van der Waals surface area contributed by atoms with Gasteiger partial charge in [-0.15, -0.1) is 0 Å². The number of hydrogen-bond acceptors (Lipinski definition) is 1. The normalized spacial score (nSPS) is 10.2. The van der Waals surface area contributed by atoms with Crippen LogP contribution in [0.4, 0.5) is 4.39 Å². The molecule has 0 amide bonds. The average Bonchev–Trinajstić information content (AvgIpc) is 2.10. The van der Waals surface area contributed by atoms with Crippen molar-refractivity contribution in [2.75, 3.05) is 5.33 Å². The van der Waals surface area contributed by atoms with Crippen LogP contribution < -0.4 is 0 Å². The van der Waals surface area contributed by atoms with Crippen molar-refractivity contribution in [1.29, 1.82) is 0 Å². The standard InChI is InChI=1S/C8H4Br3FO/c9-3-8(13)4-1-6(11)7(12)2-5(4)10/h1-2H,3H2. The molecule has 0 atom stereocenters. The highest BCUT2D eigenvalue weighted by molar-refractivity contribution is 9.11. The molecule has 1 aromatic carbocycles. The molecule has 0 spiro atoms. The van der Waals surface area contributed by atoms with Crippen LogP contribution in [0.15, 0.2) is 21.1 Å². The molecular formula is C8H4Br3FO. The molecule has 13 heavy (non-hydrogen) atoms. The van der Waals surface area contributed by atoms with Crippen LogP contribution in [0.3, 0.4) is 0 Å². The number of halogens is 4. The molecule has 0 saturated carbocycles. The fraction of sp³-hybridized carbons (Fsp3) is 0.125. The summed E-state index contributed by atoms with van der Waals surface area (Å²) in [4.78, 5) is 11.3. The Kier molecular flexibility index (Phi) is 4.06. The maximum Gasteiger partial charge on any atom is 0.174 e. The highest BCUT2D eigenvalue weighted by Gasteiger charge is 2.11. The van der Waals surface area contributed by atoms with Gasteiger partial charge in [0, 0.05) is 10.0 Å². The fourth-order valence-electron chi connectivity index (χ4n) is 0.808. The second kappa shape index (κ2) is 4.66. The Labute approximate surface area is 100 Å². The minimum absolute atomic E-state index is 0.0902. The number of ketones is 1. The molecule has 0 N–H and O–H groups in total. The molecule has 5 heteroatoms. The van der Waals surface area contributed by atoms with E-state index in [0.29, 0.717) is 14.5 Å². The van der Waals surface area contributed by atoms with Crippen molar-refractivity contribution < 1.29 is 9.18 Å². The molecular weight excluding hydrogens is 371 g/mol. The second-order valence-electron chi connectivity index (χ2n) is 2.30. The summed E-state index contributed by atoms with van der Waals surface area (Å²) in [5.74, 6) is -0.481. The molecule has 0 heterocycles. The van der Waals surface area contributed by atoms with E-state index in [-0.39, 0.29) is 11.1 Å². The average molecular weight is 375 g/mol. The Hall–Kier alpha value is 0.260. The smallest absolute Gasteiger partial charge is 0.174 e. The highest BCUT2D eigenvalue weighted by atomic mass is 79.9. The number of rotatable bonds is 2. The zero-order valence-electron chi connectivity index (χ0n) is 6.28. The molecule has 0 aliphatic carbocycles. The van der Waals surface area contributed by atoms with Crippen molar-refractivity contribution in [2.24, 2.45) is 0 Å². The third kappa shape index (κ3) is 2.60. The maximum absolute atomic E-state index is 12.9. The summed E-state index contributed by atoms with van der Waals surface area (Å²) in [5, 5.41) is 0.226. The first-order valence-corrected chi connectivity index (χ1v) is 6.00. The van der Waals surface area contributed by atoms with Gasteiger partial charge in [0.05, 0.1) is 9.80 Å². The maximum atomic E-state index is 12.9. The van der Waals surface area contributed by atoms with Crippen molar-refractivity contribution in [3.8, 4) is 0 Å². The van der Waals surface area contributed by atoms with E-state index in [1.165, 1.54) is 12.1 Å². The highest BCUT2D eigenvalue weighted by Crippen LogP contribution is 2.25. The van der Waals surface area contributed by atoms with Gasteiger partial charge in [-0.05, 0) is 44.0 Å². The molecule has 0 bridgehead atoms. The first-order chi connectivity index (χ1) is 6.06. The third-order valence-corrected chi connectivity index (χ3v) is 3.20. The van der Waals surface area contributed by atoms with Crippen molar-refractivity contribution in [3.63, 3.8) is 0 Å². The van der Waals surface area contributed by atoms with E-state index < -0.39 is 5.82 Å². The largest absolute Gasteiger partial charge is 0.293 e. The number of hydrogen-bond donors (Lipinski definition) is 0. The van der Waals surface area contributed by atoms with E-state index >= 15 is 0 Å². The van der Waals surface area contributed by atoms with Gasteiger partial charge in [0.25, 0.3) is 0 Å². The zero-order valence-corrected chi connectivity index (χ0v) is 11.0. The van der Waals surface area contributed by atoms with Crippen molar-refractivity contribution in [1.82, 2.24) is 0 Å². The van der Waals surface area contributed by atoms with Crippen LogP contribution in [0.2, 0.25) is 0 Å². The molecule has 0 aromatic heterocycles. The molecule has 0 radical (unpaired) electrons. The van der Waals surface area contributed by atoms with Crippen LogP contribution in [-0.2, 0) is 0 Å². The van der Waals surface area contributed by atoms with Crippen LogP contribution >= 0.6 is 47.8 Å². The van der Waals surface area contributed by atoms with Gasteiger partial charge in [0.15, 0.2) is 5.78 Å². The summed E-state index contributed by atoms with van der Waals surface area (Å²) in [7, 11) is 0. The molecule has 70 valence electrons. The van der Waals surface area contributed by atoms with E-state index in [1.807, 2.05) is 0 Å². The molecule has 0 saturated heterocycles. The molecule has 1 nitrogen and oxygen atoms in total. The van der Waals surface area contributed by atoms with Crippen molar-refractivity contribution >= 4 is 53.6 Å². The van der Waals surface area contributed by atoms with E-state index in [2.05, 4.69) is 47.8 Å². The summed E-state index contributed by atoms with van der Waals surface area (Å²) >= 11 is 9.18. The minimum Gasteiger partial charge on any atom is -0.293 e. The number of benzene rings is 1. The monoisotopic (exact) mass is 372 g/mol. The predicted molar refractivity (Wildman–Crippen MR) is 59.9 cm³/mol. The van der Waals surface area contributed by atoms with E-state index in [4.69, 9.17) is 0 Å². The summed E-state index contributed by atoms with van der Waals surface area (Å²) < 4.78 is 13.7. The quantitative estimate of drug-likeness (QED) is 0.435. The predicted octanol–water partition coefficient (Wildman–Crippen LogP) is 3.93. The summed E-state index contributed by atoms with van der Waals surface area (Å²) in [6, 6.07) is 2.73. The second-order valence-corrected chi connectivity index (χ2v) is 4.57. The summed E-state index contributed by atoms with van der Waals surface area (Å²) in [5.41, 5.74) is 0.463. The lowest BCUT2D eigenvalue weighted by molar-refractivity contribution is 0.102. The van der Waals surface area contributed by atoms with Crippen molar-refractivity contribution in [2.45, 2.75) is 0 Å². The Morgan fingerprint density at radius 3 is 2.46 bits per heavy atom. The van der Waals surface area contributed by atoms with E-state index in [9.17, 15) is 9.18 Å². The van der Waals surface area contributed by atoms with Crippen LogP contribution in [0.1, 0.15) is 10.4 Å². The molecule has 1 rings (SSSR count). The molecule has 0 unspecified atom stereocenters. The lowest BCUT2D eigenvalue weighted by Crippen LogP contribution is -2.01. The number of Topliss-reactive ketones (excluding diaryl/α,β-unsaturated/α-hetero) is 1. The van der Waals surface area contributed by atoms with Crippen molar-refractivity contribution in [3.05, 3.63) is 32.5 Å². The molecule has 1 aromatic rings. The third-order valence-electron chi connectivity index (χ3n) is 1.43. The number of alkyl halides is 1. The summed E-state index contributed by atoms with van der Waals surface area (Å²) in [6.07, 6.45) is 0.